The lowest BCUT2D eigenvalue weighted by Gasteiger charge is -2.22. The van der Waals surface area contributed by atoms with Crippen molar-refractivity contribution in [3.8, 4) is 5.75 Å². The molecular formula is C19H20N2O3. The summed E-state index contributed by atoms with van der Waals surface area (Å²) in [5.74, 6) is 0.175. The van der Waals surface area contributed by atoms with E-state index in [1.54, 1.807) is 24.0 Å². The average Bonchev–Trinajstić information content (AvgIpc) is 3.02. The van der Waals surface area contributed by atoms with Crippen LogP contribution in [0.1, 0.15) is 6.42 Å². The van der Waals surface area contributed by atoms with E-state index in [9.17, 15) is 9.59 Å². The minimum absolute atomic E-state index is 0.0491. The summed E-state index contributed by atoms with van der Waals surface area (Å²) in [7, 11) is 3.32. The molecule has 5 heteroatoms. The number of amides is 2. The molecule has 5 nitrogen and oxygen atoms in total. The Morgan fingerprint density at radius 3 is 2.50 bits per heavy atom. The predicted molar refractivity (Wildman–Crippen MR) is 93.3 cm³/mol. The number of benzene rings is 2. The summed E-state index contributed by atoms with van der Waals surface area (Å²) in [4.78, 5) is 28.4. The van der Waals surface area contributed by atoms with Crippen molar-refractivity contribution in [2.75, 3.05) is 30.5 Å². The highest BCUT2D eigenvalue weighted by Crippen LogP contribution is 2.33. The predicted octanol–water partition coefficient (Wildman–Crippen LogP) is 2.71. The molecule has 1 aliphatic rings. The summed E-state index contributed by atoms with van der Waals surface area (Å²) in [6, 6.07) is 16.8. The Morgan fingerprint density at radius 1 is 1.12 bits per heavy atom. The first-order valence-electron chi connectivity index (χ1n) is 7.88. The van der Waals surface area contributed by atoms with Gasteiger partial charge in [-0.05, 0) is 24.3 Å². The molecule has 2 aromatic carbocycles. The van der Waals surface area contributed by atoms with E-state index >= 15 is 0 Å². The third kappa shape index (κ3) is 2.97. The standard InChI is InChI=1S/C19H20N2O3/c1-20(15-8-4-3-5-9-15)19(23)14-12-18(22)21(13-14)16-10-6-7-11-17(16)24-2/h3-11,14H,12-13H2,1-2H3. The highest BCUT2D eigenvalue weighted by atomic mass is 16.5. The number of hydrogen-bond acceptors (Lipinski definition) is 3. The second kappa shape index (κ2) is 6.74. The summed E-state index contributed by atoms with van der Waals surface area (Å²) < 4.78 is 5.33. The van der Waals surface area contributed by atoms with Gasteiger partial charge in [0.2, 0.25) is 11.8 Å². The Bertz CT molecular complexity index is 745. The number of ether oxygens (including phenoxy) is 1. The third-order valence-corrected chi connectivity index (χ3v) is 4.32. The average molecular weight is 324 g/mol. The van der Waals surface area contributed by atoms with Crippen molar-refractivity contribution in [2.24, 2.45) is 5.92 Å². The van der Waals surface area contributed by atoms with Crippen LogP contribution in [0.3, 0.4) is 0 Å². The molecule has 1 fully saturated rings. The first kappa shape index (κ1) is 16.1. The maximum absolute atomic E-state index is 12.7. The van der Waals surface area contributed by atoms with Crippen molar-refractivity contribution in [1.29, 1.82) is 0 Å². The van der Waals surface area contributed by atoms with Gasteiger partial charge in [0.1, 0.15) is 5.75 Å². The molecule has 1 unspecified atom stereocenters. The van der Waals surface area contributed by atoms with Crippen LogP contribution < -0.4 is 14.5 Å². The third-order valence-electron chi connectivity index (χ3n) is 4.32. The lowest BCUT2D eigenvalue weighted by molar-refractivity contribution is -0.124. The molecule has 3 rings (SSSR count). The van der Waals surface area contributed by atoms with Gasteiger partial charge >= 0.3 is 0 Å². The van der Waals surface area contributed by atoms with E-state index in [-0.39, 0.29) is 24.2 Å². The van der Waals surface area contributed by atoms with Crippen LogP contribution >= 0.6 is 0 Å². The van der Waals surface area contributed by atoms with Crippen molar-refractivity contribution in [1.82, 2.24) is 0 Å². The van der Waals surface area contributed by atoms with E-state index in [2.05, 4.69) is 0 Å². The maximum Gasteiger partial charge on any atom is 0.232 e. The van der Waals surface area contributed by atoms with E-state index in [0.717, 1.165) is 5.69 Å². The van der Waals surface area contributed by atoms with Gasteiger partial charge in [-0.15, -0.1) is 0 Å². The summed E-state index contributed by atoms with van der Waals surface area (Å²) in [6.45, 7) is 0.370. The minimum atomic E-state index is -0.354. The zero-order valence-corrected chi connectivity index (χ0v) is 13.8. The quantitative estimate of drug-likeness (QED) is 0.869. The van der Waals surface area contributed by atoms with Gasteiger partial charge in [0, 0.05) is 25.7 Å². The summed E-state index contributed by atoms with van der Waals surface area (Å²) in [5.41, 5.74) is 1.54. The van der Waals surface area contributed by atoms with Gasteiger partial charge in [0.25, 0.3) is 0 Å². The van der Waals surface area contributed by atoms with Gasteiger partial charge in [0.15, 0.2) is 0 Å². The highest BCUT2D eigenvalue weighted by Gasteiger charge is 2.37. The van der Waals surface area contributed by atoms with Gasteiger partial charge in [-0.3, -0.25) is 9.59 Å². The van der Waals surface area contributed by atoms with E-state index in [1.807, 2.05) is 54.6 Å². The van der Waals surface area contributed by atoms with Crippen LogP contribution in [-0.4, -0.2) is 32.5 Å². The SMILES string of the molecule is COc1ccccc1N1CC(C(=O)N(C)c2ccccc2)CC1=O. The maximum atomic E-state index is 12.7. The zero-order chi connectivity index (χ0) is 17.1. The molecule has 1 heterocycles. The van der Waals surface area contributed by atoms with E-state index in [1.165, 1.54) is 0 Å². The minimum Gasteiger partial charge on any atom is -0.495 e. The lowest BCUT2D eigenvalue weighted by Crippen LogP contribution is -2.34. The summed E-state index contributed by atoms with van der Waals surface area (Å²) in [5, 5.41) is 0. The molecule has 124 valence electrons. The Balaban J connectivity index is 1.78. The Kier molecular flexibility index (Phi) is 4.51. The van der Waals surface area contributed by atoms with Gasteiger partial charge in [-0.25, -0.2) is 0 Å². The van der Waals surface area contributed by atoms with Gasteiger partial charge < -0.3 is 14.5 Å². The van der Waals surface area contributed by atoms with Gasteiger partial charge in [0.05, 0.1) is 18.7 Å². The lowest BCUT2D eigenvalue weighted by atomic mass is 10.1. The topological polar surface area (TPSA) is 49.9 Å². The molecule has 1 saturated heterocycles. The highest BCUT2D eigenvalue weighted by molar-refractivity contribution is 6.04. The number of carbonyl (C=O) groups excluding carboxylic acids is 2. The summed E-state index contributed by atoms with van der Waals surface area (Å²) in [6.07, 6.45) is 0.216. The number of rotatable bonds is 4. The Labute approximate surface area is 141 Å². The van der Waals surface area contributed by atoms with Crippen molar-refractivity contribution >= 4 is 23.2 Å². The monoisotopic (exact) mass is 324 g/mol. The van der Waals surface area contributed by atoms with Crippen LogP contribution in [-0.2, 0) is 9.59 Å². The molecule has 0 N–H and O–H groups in total. The number of para-hydroxylation sites is 3. The van der Waals surface area contributed by atoms with E-state index in [0.29, 0.717) is 18.0 Å². The molecule has 0 aliphatic carbocycles. The number of carbonyl (C=O) groups is 2. The number of anilines is 2. The second-order valence-corrected chi connectivity index (χ2v) is 5.81. The number of hydrogen-bond donors (Lipinski definition) is 0. The fourth-order valence-corrected chi connectivity index (χ4v) is 3.01. The first-order valence-corrected chi connectivity index (χ1v) is 7.88. The van der Waals surface area contributed by atoms with Crippen molar-refractivity contribution in [2.45, 2.75) is 6.42 Å². The molecule has 0 saturated carbocycles. The zero-order valence-electron chi connectivity index (χ0n) is 13.8. The molecular weight excluding hydrogens is 304 g/mol. The molecule has 24 heavy (non-hydrogen) atoms. The molecule has 1 aliphatic heterocycles. The largest absolute Gasteiger partial charge is 0.495 e. The van der Waals surface area contributed by atoms with Crippen LogP contribution in [0.25, 0.3) is 0 Å². The second-order valence-electron chi connectivity index (χ2n) is 5.81. The number of nitrogens with zero attached hydrogens (tertiary/aromatic N) is 2. The molecule has 2 amide bonds. The molecule has 0 bridgehead atoms. The van der Waals surface area contributed by atoms with E-state index < -0.39 is 0 Å². The van der Waals surface area contributed by atoms with Crippen LogP contribution in [0.2, 0.25) is 0 Å². The first-order chi connectivity index (χ1) is 11.6. The normalized spacial score (nSPS) is 17.0. The Hall–Kier alpha value is -2.82. The molecule has 0 radical (unpaired) electrons. The van der Waals surface area contributed by atoms with Crippen molar-refractivity contribution in [3.05, 3.63) is 54.6 Å². The Morgan fingerprint density at radius 2 is 1.79 bits per heavy atom. The van der Waals surface area contributed by atoms with Crippen LogP contribution in [0.15, 0.2) is 54.6 Å². The van der Waals surface area contributed by atoms with Crippen LogP contribution in [0.5, 0.6) is 5.75 Å². The molecule has 2 aromatic rings. The molecule has 1 atom stereocenters. The van der Waals surface area contributed by atoms with Crippen LogP contribution in [0, 0.1) is 5.92 Å². The van der Waals surface area contributed by atoms with Crippen LogP contribution in [0.4, 0.5) is 11.4 Å². The fourth-order valence-electron chi connectivity index (χ4n) is 3.01. The summed E-state index contributed by atoms with van der Waals surface area (Å²) >= 11 is 0. The number of methoxy groups -OCH3 is 1. The molecule has 0 spiro atoms. The van der Waals surface area contributed by atoms with Gasteiger partial charge in [-0.2, -0.15) is 0 Å². The van der Waals surface area contributed by atoms with E-state index in [4.69, 9.17) is 4.74 Å². The van der Waals surface area contributed by atoms with Crippen molar-refractivity contribution < 1.29 is 14.3 Å². The van der Waals surface area contributed by atoms with Gasteiger partial charge in [-0.1, -0.05) is 30.3 Å². The molecule has 0 aromatic heterocycles. The smallest absolute Gasteiger partial charge is 0.232 e. The van der Waals surface area contributed by atoms with Crippen molar-refractivity contribution in [3.63, 3.8) is 0 Å². The fraction of sp³-hybridized carbons (Fsp3) is 0.263.